The number of nitrogens with one attached hydrogen (secondary N) is 1. The molecule has 1 atom stereocenters. The minimum Gasteiger partial charge on any atom is -0.489 e. The molecule has 1 aliphatic rings. The number of aromatic nitrogens is 2. The Morgan fingerprint density at radius 2 is 1.90 bits per heavy atom. The average molecular weight is 629 g/mol. The second-order valence-corrected chi connectivity index (χ2v) is 12.4. The number of ether oxygens (including phenoxy) is 1. The van der Waals surface area contributed by atoms with Gasteiger partial charge in [0.25, 0.3) is 0 Å². The van der Waals surface area contributed by atoms with Gasteiger partial charge in [-0.05, 0) is 43.1 Å². The number of benzene rings is 2. The maximum atomic E-state index is 12.3. The molecule has 1 saturated heterocycles. The van der Waals surface area contributed by atoms with Crippen molar-refractivity contribution in [3.63, 3.8) is 0 Å². The molecule has 0 spiro atoms. The number of aliphatic carboxylic acids is 1. The zero-order valence-corrected chi connectivity index (χ0v) is 26.3. The molecule has 1 aliphatic heterocycles. The van der Waals surface area contributed by atoms with Gasteiger partial charge in [-0.3, -0.25) is 4.90 Å². The molecular weight excluding hydrogens is 593 g/mol. The Hall–Kier alpha value is -2.95. The molecule has 0 unspecified atom stereocenters. The lowest BCUT2D eigenvalue weighted by atomic mass is 9.97. The molecule has 2 aromatic carbocycles. The molecule has 0 amide bonds. The van der Waals surface area contributed by atoms with Crippen LogP contribution in [0.3, 0.4) is 0 Å². The van der Waals surface area contributed by atoms with Crippen molar-refractivity contribution in [3.05, 3.63) is 68.8 Å². The minimum atomic E-state index is -0.960. The molecule has 0 saturated carbocycles. The quantitative estimate of drug-likeness (QED) is 0.201. The Kier molecular flexibility index (Phi) is 9.85. The van der Waals surface area contributed by atoms with Crippen LogP contribution in [0.5, 0.6) is 5.75 Å². The summed E-state index contributed by atoms with van der Waals surface area (Å²) in [5.41, 5.74) is 3.51. The van der Waals surface area contributed by atoms with E-state index in [1.807, 2.05) is 43.3 Å². The monoisotopic (exact) mass is 627 g/mol. The van der Waals surface area contributed by atoms with Crippen LogP contribution in [0, 0.1) is 6.92 Å². The van der Waals surface area contributed by atoms with Gasteiger partial charge in [-0.25, -0.2) is 14.8 Å². The predicted octanol–water partition coefficient (Wildman–Crippen LogP) is 6.27. The van der Waals surface area contributed by atoms with E-state index in [1.165, 1.54) is 6.33 Å². The van der Waals surface area contributed by atoms with Gasteiger partial charge in [0, 0.05) is 49.6 Å². The van der Waals surface area contributed by atoms with E-state index >= 15 is 0 Å². The average Bonchev–Trinajstić information content (AvgIpc) is 3.37. The first-order chi connectivity index (χ1) is 20.3. The van der Waals surface area contributed by atoms with Crippen molar-refractivity contribution < 1.29 is 14.6 Å². The van der Waals surface area contributed by atoms with Crippen molar-refractivity contribution >= 4 is 56.5 Å². The van der Waals surface area contributed by atoms with Crippen molar-refractivity contribution in [2.75, 3.05) is 51.7 Å². The van der Waals surface area contributed by atoms with Gasteiger partial charge in [0.2, 0.25) is 0 Å². The summed E-state index contributed by atoms with van der Waals surface area (Å²) >= 11 is 15.3. The number of aryl methyl sites for hydroxylation is 1. The first-order valence-electron chi connectivity index (χ1n) is 14.1. The highest BCUT2D eigenvalue weighted by Gasteiger charge is 2.26. The molecular formula is C31H35Cl2N5O3S. The Balaban J connectivity index is 1.47. The fourth-order valence-corrected chi connectivity index (χ4v) is 6.93. The second kappa shape index (κ2) is 13.6. The third kappa shape index (κ3) is 6.66. The lowest BCUT2D eigenvalue weighted by Crippen LogP contribution is -2.45. The lowest BCUT2D eigenvalue weighted by molar-refractivity contribution is -0.137. The lowest BCUT2D eigenvalue weighted by Gasteiger charge is -2.32. The van der Waals surface area contributed by atoms with Gasteiger partial charge in [-0.2, -0.15) is 0 Å². The number of carbonyl (C=O) groups is 1. The van der Waals surface area contributed by atoms with Crippen molar-refractivity contribution in [2.24, 2.45) is 0 Å². The topological polar surface area (TPSA) is 90.8 Å². The van der Waals surface area contributed by atoms with Crippen LogP contribution in [-0.2, 0) is 17.6 Å². The molecule has 8 nitrogen and oxygen atoms in total. The van der Waals surface area contributed by atoms with E-state index in [9.17, 15) is 9.90 Å². The summed E-state index contributed by atoms with van der Waals surface area (Å²) in [6.45, 7) is 9.44. The van der Waals surface area contributed by atoms with Crippen molar-refractivity contribution in [1.29, 1.82) is 0 Å². The second-order valence-electron chi connectivity index (χ2n) is 10.5. The highest BCUT2D eigenvalue weighted by Crippen LogP contribution is 2.47. The van der Waals surface area contributed by atoms with Crippen LogP contribution in [0.2, 0.25) is 10.0 Å². The standard InChI is InChI=1S/C31H35Cl2N5O3S/c1-4-24-25(21-17-22(32)28(27(33)19(21)2)41-15-14-38-12-10-37(3)11-13-38)26-29(34-18-35-30(26)42-24)36-23(31(39)40)16-20-8-6-5-7-9-20/h5-9,17-18,23H,4,10-16H2,1-3H3,(H,39,40)(H,34,35,36)/t23-/m1/s1. The number of piperazine rings is 1. The van der Waals surface area contributed by atoms with Crippen LogP contribution in [-0.4, -0.2) is 83.3 Å². The van der Waals surface area contributed by atoms with Crippen molar-refractivity contribution in [1.82, 2.24) is 19.8 Å². The highest BCUT2D eigenvalue weighted by molar-refractivity contribution is 7.19. The highest BCUT2D eigenvalue weighted by atomic mass is 35.5. The molecule has 0 bridgehead atoms. The van der Waals surface area contributed by atoms with E-state index in [2.05, 4.69) is 39.1 Å². The Morgan fingerprint density at radius 3 is 2.60 bits per heavy atom. The van der Waals surface area contributed by atoms with Crippen LogP contribution in [0.15, 0.2) is 42.7 Å². The molecule has 2 N–H and O–H groups in total. The van der Waals surface area contributed by atoms with E-state index in [4.69, 9.17) is 27.9 Å². The zero-order valence-electron chi connectivity index (χ0n) is 24.0. The Morgan fingerprint density at radius 1 is 1.17 bits per heavy atom. The number of hydrogen-bond donors (Lipinski definition) is 2. The van der Waals surface area contributed by atoms with Crippen LogP contribution in [0.1, 0.15) is 22.9 Å². The van der Waals surface area contributed by atoms with Gasteiger partial charge in [-0.15, -0.1) is 11.3 Å². The predicted molar refractivity (Wildman–Crippen MR) is 172 cm³/mol. The summed E-state index contributed by atoms with van der Waals surface area (Å²) < 4.78 is 6.13. The number of fused-ring (bicyclic) bond motifs is 1. The SMILES string of the molecule is CCc1sc2ncnc(N[C@H](Cc3ccccc3)C(=O)O)c2c1-c1cc(Cl)c(OCCN2CCN(C)CC2)c(Cl)c1C. The van der Waals surface area contributed by atoms with Crippen LogP contribution in [0.25, 0.3) is 21.3 Å². The van der Waals surface area contributed by atoms with Gasteiger partial charge >= 0.3 is 5.97 Å². The summed E-state index contributed by atoms with van der Waals surface area (Å²) in [5, 5.41) is 14.9. The minimum absolute atomic E-state index is 0.304. The number of carboxylic acids is 1. The van der Waals surface area contributed by atoms with Crippen molar-refractivity contribution in [3.8, 4) is 16.9 Å². The van der Waals surface area contributed by atoms with Gasteiger partial charge in [0.15, 0.2) is 5.75 Å². The fourth-order valence-electron chi connectivity index (χ4n) is 5.27. The van der Waals surface area contributed by atoms with E-state index in [0.717, 1.165) is 76.5 Å². The normalized spacial score (nSPS) is 15.2. The summed E-state index contributed by atoms with van der Waals surface area (Å²) in [6.07, 6.45) is 2.52. The van der Waals surface area contributed by atoms with Crippen LogP contribution < -0.4 is 10.1 Å². The Labute approximate surface area is 260 Å². The fraction of sp³-hybridized carbons (Fsp3) is 0.387. The first-order valence-corrected chi connectivity index (χ1v) is 15.7. The molecule has 0 aliphatic carbocycles. The molecule has 0 radical (unpaired) electrons. The summed E-state index contributed by atoms with van der Waals surface area (Å²) in [4.78, 5) is 27.9. The molecule has 5 rings (SSSR count). The molecule has 2 aromatic heterocycles. The third-order valence-corrected chi connectivity index (χ3v) is 9.69. The zero-order chi connectivity index (χ0) is 29.8. The van der Waals surface area contributed by atoms with Gasteiger partial charge in [0.05, 0.1) is 15.4 Å². The first kappa shape index (κ1) is 30.5. The number of anilines is 1. The molecule has 4 aromatic rings. The smallest absolute Gasteiger partial charge is 0.326 e. The van der Waals surface area contributed by atoms with Crippen LogP contribution in [0.4, 0.5) is 5.82 Å². The maximum absolute atomic E-state index is 12.3. The molecule has 11 heteroatoms. The molecule has 1 fully saturated rings. The number of rotatable bonds is 11. The number of nitrogens with zero attached hydrogens (tertiary/aromatic N) is 4. The number of hydrogen-bond acceptors (Lipinski definition) is 8. The van der Waals surface area contributed by atoms with E-state index in [0.29, 0.717) is 34.6 Å². The summed E-state index contributed by atoms with van der Waals surface area (Å²) in [7, 11) is 2.14. The largest absolute Gasteiger partial charge is 0.489 e. The van der Waals surface area contributed by atoms with Gasteiger partial charge < -0.3 is 20.1 Å². The molecule has 222 valence electrons. The number of carboxylic acid groups (broad SMARTS) is 1. The molecule has 3 heterocycles. The van der Waals surface area contributed by atoms with E-state index in [1.54, 1.807) is 11.3 Å². The number of thiophene rings is 1. The number of halogens is 2. The Bertz CT molecular complexity index is 1560. The van der Waals surface area contributed by atoms with Gasteiger partial charge in [-0.1, -0.05) is 60.5 Å². The van der Waals surface area contributed by atoms with E-state index < -0.39 is 12.0 Å². The molecule has 42 heavy (non-hydrogen) atoms. The summed E-state index contributed by atoms with van der Waals surface area (Å²) in [6, 6.07) is 10.6. The number of likely N-dealkylation sites (N-methyl/N-ethyl adjacent to an activating group) is 1. The summed E-state index contributed by atoms with van der Waals surface area (Å²) in [5.74, 6) is -0.0124. The van der Waals surface area contributed by atoms with Gasteiger partial charge in [0.1, 0.15) is 29.6 Å². The van der Waals surface area contributed by atoms with Crippen LogP contribution >= 0.6 is 34.5 Å². The van der Waals surface area contributed by atoms with E-state index in [-0.39, 0.29) is 0 Å². The maximum Gasteiger partial charge on any atom is 0.326 e. The van der Waals surface area contributed by atoms with Crippen molar-refractivity contribution in [2.45, 2.75) is 32.7 Å². The third-order valence-electron chi connectivity index (χ3n) is 7.71.